The van der Waals surface area contributed by atoms with Crippen molar-refractivity contribution in [3.63, 3.8) is 0 Å². The van der Waals surface area contributed by atoms with Crippen molar-refractivity contribution >= 4 is 23.5 Å². The molecule has 2 aliphatic rings. The lowest BCUT2D eigenvalue weighted by molar-refractivity contribution is -0.141. The first-order valence-electron chi connectivity index (χ1n) is 10.4. The van der Waals surface area contributed by atoms with Gasteiger partial charge < -0.3 is 21.1 Å². The van der Waals surface area contributed by atoms with Gasteiger partial charge in [0.15, 0.2) is 5.82 Å². The number of carboxylic acids is 1. The van der Waals surface area contributed by atoms with E-state index in [-0.39, 0.29) is 12.3 Å². The van der Waals surface area contributed by atoms with Crippen molar-refractivity contribution in [1.29, 1.82) is 0 Å². The van der Waals surface area contributed by atoms with Gasteiger partial charge in [-0.3, -0.25) is 9.59 Å². The maximum absolute atomic E-state index is 12.3. The first kappa shape index (κ1) is 21.9. The largest absolute Gasteiger partial charge is 0.480 e. The lowest BCUT2D eigenvalue weighted by Gasteiger charge is -2.26. The van der Waals surface area contributed by atoms with Crippen LogP contribution in [0.3, 0.4) is 0 Å². The summed E-state index contributed by atoms with van der Waals surface area (Å²) in [6.07, 6.45) is 4.30. The van der Waals surface area contributed by atoms with Gasteiger partial charge in [-0.15, -0.1) is 0 Å². The zero-order valence-electron chi connectivity index (χ0n) is 18.0. The van der Waals surface area contributed by atoms with Gasteiger partial charge in [0.25, 0.3) is 5.91 Å². The van der Waals surface area contributed by atoms with Gasteiger partial charge in [-0.25, -0.2) is 14.8 Å². The van der Waals surface area contributed by atoms with Crippen molar-refractivity contribution < 1.29 is 19.5 Å². The highest BCUT2D eigenvalue weighted by Gasteiger charge is 2.25. The van der Waals surface area contributed by atoms with Crippen molar-refractivity contribution in [2.75, 3.05) is 6.54 Å². The minimum absolute atomic E-state index is 0.125. The van der Waals surface area contributed by atoms with Gasteiger partial charge in [-0.05, 0) is 29.7 Å². The number of allylic oxidation sites excluding steroid dienone is 1. The van der Waals surface area contributed by atoms with Gasteiger partial charge >= 0.3 is 5.97 Å². The summed E-state index contributed by atoms with van der Waals surface area (Å²) in [6.45, 7) is 5.93. The van der Waals surface area contributed by atoms with Gasteiger partial charge in [-0.2, -0.15) is 0 Å². The second kappa shape index (κ2) is 9.07. The van der Waals surface area contributed by atoms with Gasteiger partial charge in [0.2, 0.25) is 5.91 Å². The summed E-state index contributed by atoms with van der Waals surface area (Å²) in [5, 5.41) is 17.8. The summed E-state index contributed by atoms with van der Waals surface area (Å²) in [4.78, 5) is 43.9. The fourth-order valence-electron chi connectivity index (χ4n) is 3.81. The second-order valence-corrected chi connectivity index (χ2v) is 7.82. The van der Waals surface area contributed by atoms with Crippen LogP contribution in [0.15, 0.2) is 66.0 Å². The van der Waals surface area contributed by atoms with E-state index < -0.39 is 17.9 Å². The number of carbonyl (C=O) groups is 3. The minimum Gasteiger partial charge on any atom is -0.480 e. The predicted octanol–water partition coefficient (Wildman–Crippen LogP) is 1.55. The number of benzene rings is 1. The van der Waals surface area contributed by atoms with Crippen LogP contribution in [0.1, 0.15) is 24.6 Å². The first-order valence-corrected chi connectivity index (χ1v) is 10.4. The Hall–Kier alpha value is -4.27. The molecule has 0 radical (unpaired) electrons. The first-order chi connectivity index (χ1) is 15.8. The monoisotopic (exact) mass is 445 g/mol. The SMILES string of the molecule is C=C1NC(c2ccnc(-c3ccc(C[C@H](NC(C)=O)C(=O)O)cc3)n2)=CC2=C1CCNC2=O. The molecule has 0 unspecified atom stereocenters. The lowest BCUT2D eigenvalue weighted by Crippen LogP contribution is -2.41. The molecule has 0 fully saturated rings. The number of nitrogens with one attached hydrogen (secondary N) is 3. The van der Waals surface area contributed by atoms with Crippen LogP contribution in [0.5, 0.6) is 0 Å². The molecular formula is C24H23N5O4. The molecule has 168 valence electrons. The fourth-order valence-corrected chi connectivity index (χ4v) is 3.81. The van der Waals surface area contributed by atoms with Gasteiger partial charge in [0, 0.05) is 42.9 Å². The van der Waals surface area contributed by atoms with Crippen LogP contribution in [0, 0.1) is 0 Å². The van der Waals surface area contributed by atoms with Crippen molar-refractivity contribution in [3.05, 3.63) is 77.3 Å². The lowest BCUT2D eigenvalue weighted by atomic mass is 9.94. The molecule has 1 aromatic carbocycles. The number of carbonyl (C=O) groups excluding carboxylic acids is 2. The zero-order chi connectivity index (χ0) is 23.5. The number of aromatic nitrogens is 2. The van der Waals surface area contributed by atoms with Gasteiger partial charge in [0.05, 0.1) is 11.4 Å². The smallest absolute Gasteiger partial charge is 0.326 e. The van der Waals surface area contributed by atoms with E-state index >= 15 is 0 Å². The maximum Gasteiger partial charge on any atom is 0.326 e. The molecule has 2 aliphatic heterocycles. The topological polar surface area (TPSA) is 133 Å². The average Bonchev–Trinajstić information content (AvgIpc) is 2.79. The molecule has 0 spiro atoms. The minimum atomic E-state index is -1.09. The molecule has 0 aliphatic carbocycles. The number of aliphatic carboxylic acids is 1. The molecule has 3 heterocycles. The van der Waals surface area contributed by atoms with Crippen molar-refractivity contribution in [1.82, 2.24) is 25.9 Å². The molecular weight excluding hydrogens is 422 g/mol. The van der Waals surface area contributed by atoms with E-state index in [2.05, 4.69) is 32.5 Å². The summed E-state index contributed by atoms with van der Waals surface area (Å²) in [7, 11) is 0. The van der Waals surface area contributed by atoms with Crippen LogP contribution in [-0.2, 0) is 20.8 Å². The number of hydrogen-bond acceptors (Lipinski definition) is 6. The third-order valence-corrected chi connectivity index (χ3v) is 5.43. The zero-order valence-corrected chi connectivity index (χ0v) is 18.0. The van der Waals surface area contributed by atoms with Crippen LogP contribution in [0.4, 0.5) is 0 Å². The third-order valence-electron chi connectivity index (χ3n) is 5.43. The summed E-state index contributed by atoms with van der Waals surface area (Å²) in [5.41, 5.74) is 4.98. The van der Waals surface area contributed by atoms with E-state index in [1.807, 2.05) is 0 Å². The van der Waals surface area contributed by atoms with E-state index in [9.17, 15) is 19.5 Å². The molecule has 2 aromatic rings. The van der Waals surface area contributed by atoms with Crippen LogP contribution in [0.25, 0.3) is 17.1 Å². The molecule has 0 saturated carbocycles. The maximum atomic E-state index is 12.3. The second-order valence-electron chi connectivity index (χ2n) is 7.82. The summed E-state index contributed by atoms with van der Waals surface area (Å²) in [5.74, 6) is -1.13. The molecule has 9 heteroatoms. The van der Waals surface area contributed by atoms with Crippen molar-refractivity contribution in [2.24, 2.45) is 0 Å². The Balaban J connectivity index is 1.57. The van der Waals surface area contributed by atoms with Crippen molar-refractivity contribution in [2.45, 2.75) is 25.8 Å². The fraction of sp³-hybridized carbons (Fsp3) is 0.208. The normalized spacial score (nSPS) is 16.2. The van der Waals surface area contributed by atoms with Crippen LogP contribution >= 0.6 is 0 Å². The standard InChI is InChI=1S/C24H23N5O4/c1-13-17-7-9-26-23(31)18(17)12-20(27-13)19-8-10-25-22(29-19)16-5-3-15(4-6-16)11-21(24(32)33)28-14(2)30/h3-6,8,10,12,21,27H,1,7,9,11H2,2H3,(H,26,31)(H,28,30)(H,32,33)/t21-/m0/s1. The molecule has 2 amide bonds. The number of amides is 2. The molecule has 4 rings (SSSR count). The Kier molecular flexibility index (Phi) is 6.03. The van der Waals surface area contributed by atoms with E-state index in [0.29, 0.717) is 35.0 Å². The quantitative estimate of drug-likeness (QED) is 0.530. The Labute approximate surface area is 190 Å². The number of hydrogen-bond donors (Lipinski definition) is 4. The molecule has 0 saturated heterocycles. The number of nitrogens with zero attached hydrogens (tertiary/aromatic N) is 2. The van der Waals surface area contributed by atoms with Crippen LogP contribution in [0.2, 0.25) is 0 Å². The van der Waals surface area contributed by atoms with Crippen LogP contribution < -0.4 is 16.0 Å². The summed E-state index contributed by atoms with van der Waals surface area (Å²) >= 11 is 0. The van der Waals surface area contributed by atoms with Gasteiger partial charge in [0.1, 0.15) is 6.04 Å². The highest BCUT2D eigenvalue weighted by Crippen LogP contribution is 2.29. The highest BCUT2D eigenvalue weighted by atomic mass is 16.4. The van der Waals surface area contributed by atoms with E-state index in [4.69, 9.17) is 0 Å². The van der Waals surface area contributed by atoms with E-state index in [0.717, 1.165) is 23.1 Å². The number of dihydropyridines is 1. The predicted molar refractivity (Wildman–Crippen MR) is 121 cm³/mol. The third kappa shape index (κ3) is 4.82. The Morgan fingerprint density at radius 2 is 2.00 bits per heavy atom. The molecule has 9 nitrogen and oxygen atoms in total. The van der Waals surface area contributed by atoms with E-state index in [1.165, 1.54) is 6.92 Å². The molecule has 1 aromatic heterocycles. The molecule has 4 N–H and O–H groups in total. The van der Waals surface area contributed by atoms with E-state index in [1.54, 1.807) is 42.6 Å². The summed E-state index contributed by atoms with van der Waals surface area (Å²) < 4.78 is 0. The average molecular weight is 445 g/mol. The number of rotatable bonds is 6. The van der Waals surface area contributed by atoms with Gasteiger partial charge in [-0.1, -0.05) is 30.8 Å². The van der Waals surface area contributed by atoms with Crippen molar-refractivity contribution in [3.8, 4) is 11.4 Å². The molecule has 0 bridgehead atoms. The molecule has 1 atom stereocenters. The molecule has 33 heavy (non-hydrogen) atoms. The van der Waals surface area contributed by atoms with Crippen LogP contribution in [-0.4, -0.2) is 45.4 Å². The summed E-state index contributed by atoms with van der Waals surface area (Å²) in [6, 6.07) is 7.93. The Bertz CT molecular complexity index is 1210. The Morgan fingerprint density at radius 1 is 1.24 bits per heavy atom. The Morgan fingerprint density at radius 3 is 2.70 bits per heavy atom. The highest BCUT2D eigenvalue weighted by molar-refractivity contribution is 6.01. The number of carboxylic acid groups (broad SMARTS) is 1.